The van der Waals surface area contributed by atoms with E-state index < -0.39 is 9.04 Å². The fraction of sp³-hybridized carbons (Fsp3) is 0. The minimum atomic E-state index is -1.44. The van der Waals surface area contributed by atoms with Gasteiger partial charge in [-0.05, 0) is 5.19 Å². The standard InChI is InChI=1S/C8H9OSi/c1-2-10(9)8-6-4-3-5-7-8/h2-7,9H,1H2. The molecule has 1 N–H and O–H groups in total. The molecule has 1 rings (SSSR count). The Bertz CT molecular complexity index is 208. The Kier molecular flexibility index (Phi) is 2.42. The molecule has 1 radical (unpaired) electrons. The van der Waals surface area contributed by atoms with Crippen molar-refractivity contribution in [2.24, 2.45) is 0 Å². The molecule has 0 aliphatic rings. The van der Waals surface area contributed by atoms with E-state index in [2.05, 4.69) is 6.58 Å². The van der Waals surface area contributed by atoms with E-state index in [1.807, 2.05) is 30.3 Å². The summed E-state index contributed by atoms with van der Waals surface area (Å²) in [5, 5.41) is 0.988. The number of hydrogen-bond donors (Lipinski definition) is 1. The summed E-state index contributed by atoms with van der Waals surface area (Å²) in [6, 6.07) is 9.59. The lowest BCUT2D eigenvalue weighted by Crippen LogP contribution is -2.27. The first-order chi connectivity index (χ1) is 4.84. The maximum atomic E-state index is 9.31. The van der Waals surface area contributed by atoms with Crippen LogP contribution in [0.4, 0.5) is 0 Å². The molecule has 51 valence electrons. The van der Waals surface area contributed by atoms with E-state index in [0.29, 0.717) is 0 Å². The molecule has 0 amide bonds. The van der Waals surface area contributed by atoms with E-state index in [0.717, 1.165) is 5.19 Å². The van der Waals surface area contributed by atoms with Crippen LogP contribution in [-0.4, -0.2) is 13.8 Å². The third kappa shape index (κ3) is 1.56. The van der Waals surface area contributed by atoms with Gasteiger partial charge in [0.25, 0.3) is 9.04 Å². The van der Waals surface area contributed by atoms with E-state index in [-0.39, 0.29) is 0 Å². The van der Waals surface area contributed by atoms with E-state index >= 15 is 0 Å². The van der Waals surface area contributed by atoms with Crippen LogP contribution in [0, 0.1) is 0 Å². The fourth-order valence-corrected chi connectivity index (χ4v) is 1.50. The van der Waals surface area contributed by atoms with Gasteiger partial charge in [0, 0.05) is 0 Å². The Morgan fingerprint density at radius 3 is 2.40 bits per heavy atom. The Balaban J connectivity index is 2.84. The smallest absolute Gasteiger partial charge is 0.271 e. The molecule has 1 aromatic carbocycles. The van der Waals surface area contributed by atoms with Crippen molar-refractivity contribution in [3.05, 3.63) is 42.6 Å². The second kappa shape index (κ2) is 3.34. The van der Waals surface area contributed by atoms with E-state index in [1.165, 1.54) is 0 Å². The molecule has 0 aromatic heterocycles. The van der Waals surface area contributed by atoms with Crippen LogP contribution in [0.5, 0.6) is 0 Å². The first kappa shape index (κ1) is 7.25. The van der Waals surface area contributed by atoms with Gasteiger partial charge in [-0.25, -0.2) is 0 Å². The molecular weight excluding hydrogens is 140 g/mol. The Labute approximate surface area is 62.4 Å². The molecule has 0 heterocycles. The van der Waals surface area contributed by atoms with Crippen molar-refractivity contribution in [2.75, 3.05) is 0 Å². The van der Waals surface area contributed by atoms with Crippen LogP contribution in [-0.2, 0) is 0 Å². The predicted octanol–water partition coefficient (Wildman–Crippen LogP) is 0.603. The SMILES string of the molecule is C=C[Si](O)c1ccccc1. The van der Waals surface area contributed by atoms with Crippen LogP contribution in [0.1, 0.15) is 0 Å². The van der Waals surface area contributed by atoms with E-state index in [9.17, 15) is 4.80 Å². The summed E-state index contributed by atoms with van der Waals surface area (Å²) >= 11 is 0. The molecule has 0 bridgehead atoms. The summed E-state index contributed by atoms with van der Waals surface area (Å²) in [6.07, 6.45) is 0. The third-order valence-corrected chi connectivity index (χ3v) is 2.57. The van der Waals surface area contributed by atoms with Gasteiger partial charge in [-0.2, -0.15) is 0 Å². The van der Waals surface area contributed by atoms with Gasteiger partial charge in [-0.3, -0.25) is 0 Å². The summed E-state index contributed by atoms with van der Waals surface area (Å²) in [5.74, 6) is 0. The van der Waals surface area contributed by atoms with Crippen LogP contribution in [0.25, 0.3) is 0 Å². The molecule has 1 nitrogen and oxygen atoms in total. The monoisotopic (exact) mass is 149 g/mol. The van der Waals surface area contributed by atoms with E-state index in [4.69, 9.17) is 0 Å². The molecule has 0 fully saturated rings. The van der Waals surface area contributed by atoms with Crippen LogP contribution in [0.15, 0.2) is 42.6 Å². The second-order valence-electron chi connectivity index (χ2n) is 1.96. The van der Waals surface area contributed by atoms with Gasteiger partial charge in [0.15, 0.2) is 0 Å². The minimum absolute atomic E-state index is 0.988. The zero-order chi connectivity index (χ0) is 7.40. The van der Waals surface area contributed by atoms with Crippen molar-refractivity contribution in [1.82, 2.24) is 0 Å². The molecular formula is C8H9OSi. The Morgan fingerprint density at radius 1 is 1.30 bits per heavy atom. The highest BCUT2D eigenvalue weighted by Gasteiger charge is 2.03. The zero-order valence-corrected chi connectivity index (χ0v) is 6.62. The van der Waals surface area contributed by atoms with Gasteiger partial charge in [0.1, 0.15) is 0 Å². The average molecular weight is 149 g/mol. The lowest BCUT2D eigenvalue weighted by molar-refractivity contribution is 0.599. The van der Waals surface area contributed by atoms with Crippen molar-refractivity contribution in [3.63, 3.8) is 0 Å². The molecule has 0 aliphatic carbocycles. The van der Waals surface area contributed by atoms with Crippen LogP contribution < -0.4 is 5.19 Å². The predicted molar refractivity (Wildman–Crippen MR) is 44.2 cm³/mol. The van der Waals surface area contributed by atoms with E-state index in [1.54, 1.807) is 5.70 Å². The highest BCUT2D eigenvalue weighted by atomic mass is 28.3. The van der Waals surface area contributed by atoms with Gasteiger partial charge >= 0.3 is 0 Å². The summed E-state index contributed by atoms with van der Waals surface area (Å²) < 4.78 is 0. The lowest BCUT2D eigenvalue weighted by Gasteiger charge is -1.98. The van der Waals surface area contributed by atoms with Gasteiger partial charge in [0.05, 0.1) is 0 Å². The van der Waals surface area contributed by atoms with Crippen molar-refractivity contribution in [3.8, 4) is 0 Å². The Morgan fingerprint density at radius 2 is 1.90 bits per heavy atom. The minimum Gasteiger partial charge on any atom is -0.424 e. The van der Waals surface area contributed by atoms with Gasteiger partial charge in [-0.15, -0.1) is 6.58 Å². The summed E-state index contributed by atoms with van der Waals surface area (Å²) in [4.78, 5) is 9.31. The van der Waals surface area contributed by atoms with Crippen molar-refractivity contribution in [1.29, 1.82) is 0 Å². The van der Waals surface area contributed by atoms with Gasteiger partial charge in [-0.1, -0.05) is 36.0 Å². The molecule has 0 aliphatic heterocycles. The third-order valence-electron chi connectivity index (χ3n) is 1.26. The summed E-state index contributed by atoms with van der Waals surface area (Å²) in [6.45, 7) is 3.53. The normalized spacial score (nSPS) is 9.80. The summed E-state index contributed by atoms with van der Waals surface area (Å²) in [5.41, 5.74) is 1.61. The lowest BCUT2D eigenvalue weighted by atomic mass is 10.4. The molecule has 1 aromatic rings. The molecule has 0 saturated carbocycles. The van der Waals surface area contributed by atoms with Crippen LogP contribution in [0.3, 0.4) is 0 Å². The van der Waals surface area contributed by atoms with Crippen molar-refractivity contribution < 1.29 is 4.80 Å². The number of rotatable bonds is 2. The van der Waals surface area contributed by atoms with Gasteiger partial charge in [0.2, 0.25) is 0 Å². The van der Waals surface area contributed by atoms with Crippen molar-refractivity contribution >= 4 is 14.2 Å². The largest absolute Gasteiger partial charge is 0.424 e. The van der Waals surface area contributed by atoms with Crippen LogP contribution >= 0.6 is 0 Å². The molecule has 0 unspecified atom stereocenters. The Hall–Kier alpha value is -0.863. The van der Waals surface area contributed by atoms with Crippen molar-refractivity contribution in [2.45, 2.75) is 0 Å². The molecule has 10 heavy (non-hydrogen) atoms. The first-order valence-electron chi connectivity index (χ1n) is 3.08. The number of hydrogen-bond acceptors (Lipinski definition) is 1. The van der Waals surface area contributed by atoms with Crippen LogP contribution in [0.2, 0.25) is 0 Å². The topological polar surface area (TPSA) is 20.2 Å². The highest BCUT2D eigenvalue weighted by Crippen LogP contribution is 1.85. The maximum Gasteiger partial charge on any atom is 0.271 e. The average Bonchev–Trinajstić information content (AvgIpc) is 2.05. The maximum absolute atomic E-state index is 9.31. The highest BCUT2D eigenvalue weighted by molar-refractivity contribution is 6.70. The molecule has 0 saturated heterocycles. The molecule has 0 atom stereocenters. The number of benzene rings is 1. The second-order valence-corrected chi connectivity index (χ2v) is 3.71. The summed E-state index contributed by atoms with van der Waals surface area (Å²) in [7, 11) is -1.44. The molecule has 2 heteroatoms. The zero-order valence-electron chi connectivity index (χ0n) is 5.62. The fourth-order valence-electron chi connectivity index (χ4n) is 0.727. The van der Waals surface area contributed by atoms with Gasteiger partial charge < -0.3 is 4.80 Å². The molecule has 0 spiro atoms. The first-order valence-corrected chi connectivity index (χ1v) is 4.61. The quantitative estimate of drug-likeness (QED) is 0.611.